The number of anilines is 3. The third-order valence-corrected chi connectivity index (χ3v) is 4.81. The highest BCUT2D eigenvalue weighted by Gasteiger charge is 2.12. The number of rotatable bonds is 6. The maximum absolute atomic E-state index is 12.1. The summed E-state index contributed by atoms with van der Waals surface area (Å²) in [7, 11) is 0. The molecule has 2 N–H and O–H groups in total. The summed E-state index contributed by atoms with van der Waals surface area (Å²) < 4.78 is 0. The lowest BCUT2D eigenvalue weighted by Crippen LogP contribution is -2.18. The quantitative estimate of drug-likeness (QED) is 0.824. The van der Waals surface area contributed by atoms with Gasteiger partial charge < -0.3 is 15.5 Å². The van der Waals surface area contributed by atoms with E-state index in [0.717, 1.165) is 24.5 Å². The third-order valence-electron chi connectivity index (χ3n) is 4.81. The summed E-state index contributed by atoms with van der Waals surface area (Å²) in [6.45, 7) is 7.09. The van der Waals surface area contributed by atoms with Crippen LogP contribution < -0.4 is 15.5 Å². The van der Waals surface area contributed by atoms with Crippen molar-refractivity contribution in [2.45, 2.75) is 33.1 Å². The van der Waals surface area contributed by atoms with Gasteiger partial charge in [0.2, 0.25) is 5.91 Å². The van der Waals surface area contributed by atoms with Crippen LogP contribution in [0.3, 0.4) is 0 Å². The molecule has 0 aliphatic carbocycles. The number of hydrogen-bond donors (Lipinski definition) is 2. The highest BCUT2D eigenvalue weighted by Crippen LogP contribution is 2.22. The van der Waals surface area contributed by atoms with Crippen LogP contribution in [0, 0.1) is 13.8 Å². The van der Waals surface area contributed by atoms with Crippen molar-refractivity contribution in [1.82, 2.24) is 0 Å². The average Bonchev–Trinajstić information content (AvgIpc) is 3.13. The number of benzene rings is 2. The van der Waals surface area contributed by atoms with Gasteiger partial charge in [0, 0.05) is 43.1 Å². The molecule has 2 aromatic carbocycles. The lowest BCUT2D eigenvalue weighted by atomic mass is 10.1. The summed E-state index contributed by atoms with van der Waals surface area (Å²) >= 11 is 0. The molecule has 0 unspecified atom stereocenters. The summed E-state index contributed by atoms with van der Waals surface area (Å²) in [5.74, 6) is 0.0326. The van der Waals surface area contributed by atoms with Crippen molar-refractivity contribution < 1.29 is 4.79 Å². The van der Waals surface area contributed by atoms with Crippen LogP contribution in [0.15, 0.2) is 42.5 Å². The van der Waals surface area contributed by atoms with E-state index in [9.17, 15) is 4.79 Å². The molecule has 1 saturated heterocycles. The number of carbonyl (C=O) groups is 1. The van der Waals surface area contributed by atoms with E-state index in [1.807, 2.05) is 12.1 Å². The van der Waals surface area contributed by atoms with E-state index in [1.54, 1.807) is 0 Å². The van der Waals surface area contributed by atoms with Crippen LogP contribution in [0.2, 0.25) is 0 Å². The van der Waals surface area contributed by atoms with Gasteiger partial charge in [0.05, 0.1) is 0 Å². The number of carbonyl (C=O) groups excluding carboxylic acids is 1. The van der Waals surface area contributed by atoms with Gasteiger partial charge in [0.25, 0.3) is 0 Å². The van der Waals surface area contributed by atoms with Crippen LogP contribution >= 0.6 is 0 Å². The molecule has 0 radical (unpaired) electrons. The van der Waals surface area contributed by atoms with Crippen molar-refractivity contribution in [3.63, 3.8) is 0 Å². The average molecular weight is 337 g/mol. The van der Waals surface area contributed by atoms with E-state index in [0.29, 0.717) is 13.0 Å². The van der Waals surface area contributed by atoms with Gasteiger partial charge in [-0.15, -0.1) is 0 Å². The molecule has 0 spiro atoms. The lowest BCUT2D eigenvalue weighted by Gasteiger charge is -2.17. The first-order valence-corrected chi connectivity index (χ1v) is 9.08. The van der Waals surface area contributed by atoms with E-state index in [1.165, 1.54) is 29.7 Å². The van der Waals surface area contributed by atoms with Crippen molar-refractivity contribution in [1.29, 1.82) is 0 Å². The standard InChI is InChI=1S/C21H27N3O/c1-16-5-6-19(15-17(16)2)22-12-11-21(25)23-18-7-9-20(10-8-18)24-13-3-4-14-24/h5-10,15,22H,3-4,11-14H2,1-2H3,(H,23,25). The first-order chi connectivity index (χ1) is 12.1. The number of amides is 1. The maximum Gasteiger partial charge on any atom is 0.226 e. The Morgan fingerprint density at radius 1 is 0.960 bits per heavy atom. The highest BCUT2D eigenvalue weighted by molar-refractivity contribution is 5.91. The summed E-state index contributed by atoms with van der Waals surface area (Å²) in [5.41, 5.74) is 5.70. The zero-order valence-electron chi connectivity index (χ0n) is 15.1. The molecule has 1 heterocycles. The van der Waals surface area contributed by atoms with Gasteiger partial charge in [-0.2, -0.15) is 0 Å². The maximum atomic E-state index is 12.1. The van der Waals surface area contributed by atoms with Gasteiger partial charge in [-0.25, -0.2) is 0 Å². The normalized spacial score (nSPS) is 13.8. The minimum Gasteiger partial charge on any atom is -0.385 e. The van der Waals surface area contributed by atoms with Gasteiger partial charge in [-0.1, -0.05) is 6.07 Å². The van der Waals surface area contributed by atoms with E-state index in [-0.39, 0.29) is 5.91 Å². The van der Waals surface area contributed by atoms with Crippen LogP contribution in [0.25, 0.3) is 0 Å². The fraction of sp³-hybridized carbons (Fsp3) is 0.381. The van der Waals surface area contributed by atoms with E-state index >= 15 is 0 Å². The van der Waals surface area contributed by atoms with Gasteiger partial charge in [-0.3, -0.25) is 4.79 Å². The molecule has 4 nitrogen and oxygen atoms in total. The topological polar surface area (TPSA) is 44.4 Å². The molecular formula is C21H27N3O. The van der Waals surface area contributed by atoms with Crippen LogP contribution in [0.5, 0.6) is 0 Å². The van der Waals surface area contributed by atoms with Crippen molar-refractivity contribution in [2.75, 3.05) is 35.2 Å². The molecule has 1 aliphatic rings. The Bertz CT molecular complexity index is 718. The molecule has 1 amide bonds. The van der Waals surface area contributed by atoms with Crippen molar-refractivity contribution >= 4 is 23.0 Å². The Balaban J connectivity index is 1.44. The second-order valence-corrected chi connectivity index (χ2v) is 6.77. The molecular weight excluding hydrogens is 310 g/mol. The molecule has 1 aliphatic heterocycles. The van der Waals surface area contributed by atoms with Crippen LogP contribution in [0.4, 0.5) is 17.1 Å². The van der Waals surface area contributed by atoms with E-state index < -0.39 is 0 Å². The van der Waals surface area contributed by atoms with E-state index in [4.69, 9.17) is 0 Å². The fourth-order valence-corrected chi connectivity index (χ4v) is 3.13. The van der Waals surface area contributed by atoms with Gasteiger partial charge in [0.1, 0.15) is 0 Å². The predicted molar refractivity (Wildman–Crippen MR) is 106 cm³/mol. The molecule has 0 atom stereocenters. The zero-order chi connectivity index (χ0) is 17.6. The summed E-state index contributed by atoms with van der Waals surface area (Å²) in [4.78, 5) is 14.5. The number of nitrogens with one attached hydrogen (secondary N) is 2. The molecule has 3 rings (SSSR count). The Kier molecular flexibility index (Phi) is 5.59. The molecule has 0 bridgehead atoms. The Morgan fingerprint density at radius 3 is 2.32 bits per heavy atom. The number of hydrogen-bond acceptors (Lipinski definition) is 3. The van der Waals surface area contributed by atoms with E-state index in [2.05, 4.69) is 59.7 Å². The summed E-state index contributed by atoms with van der Waals surface area (Å²) in [6, 6.07) is 14.4. The van der Waals surface area contributed by atoms with Crippen LogP contribution in [0.1, 0.15) is 30.4 Å². The summed E-state index contributed by atoms with van der Waals surface area (Å²) in [6.07, 6.45) is 2.98. The molecule has 4 heteroatoms. The molecule has 0 aromatic heterocycles. The summed E-state index contributed by atoms with van der Waals surface area (Å²) in [5, 5.41) is 6.28. The molecule has 0 saturated carbocycles. The fourth-order valence-electron chi connectivity index (χ4n) is 3.13. The second-order valence-electron chi connectivity index (χ2n) is 6.77. The first-order valence-electron chi connectivity index (χ1n) is 9.08. The first kappa shape index (κ1) is 17.3. The Labute approximate surface area is 150 Å². The van der Waals surface area contributed by atoms with Crippen molar-refractivity contribution in [2.24, 2.45) is 0 Å². The van der Waals surface area contributed by atoms with Gasteiger partial charge in [-0.05, 0) is 74.2 Å². The van der Waals surface area contributed by atoms with Crippen LogP contribution in [-0.4, -0.2) is 25.5 Å². The smallest absolute Gasteiger partial charge is 0.226 e. The largest absolute Gasteiger partial charge is 0.385 e. The Hall–Kier alpha value is -2.49. The predicted octanol–water partition coefficient (Wildman–Crippen LogP) is 4.34. The monoisotopic (exact) mass is 337 g/mol. The molecule has 132 valence electrons. The minimum absolute atomic E-state index is 0.0326. The Morgan fingerprint density at radius 2 is 1.64 bits per heavy atom. The lowest BCUT2D eigenvalue weighted by molar-refractivity contribution is -0.115. The zero-order valence-corrected chi connectivity index (χ0v) is 15.1. The SMILES string of the molecule is Cc1ccc(NCCC(=O)Nc2ccc(N3CCCC3)cc2)cc1C. The molecule has 1 fully saturated rings. The van der Waals surface area contributed by atoms with Crippen molar-refractivity contribution in [3.05, 3.63) is 53.6 Å². The molecule has 25 heavy (non-hydrogen) atoms. The van der Waals surface area contributed by atoms with Gasteiger partial charge in [0.15, 0.2) is 0 Å². The molecule has 2 aromatic rings. The number of nitrogens with zero attached hydrogens (tertiary/aromatic N) is 1. The highest BCUT2D eigenvalue weighted by atomic mass is 16.1. The van der Waals surface area contributed by atoms with Gasteiger partial charge >= 0.3 is 0 Å². The second kappa shape index (κ2) is 8.06. The minimum atomic E-state index is 0.0326. The number of aryl methyl sites for hydroxylation is 2. The van der Waals surface area contributed by atoms with Crippen molar-refractivity contribution in [3.8, 4) is 0 Å². The van der Waals surface area contributed by atoms with Crippen LogP contribution in [-0.2, 0) is 4.79 Å². The third kappa shape index (κ3) is 4.75.